The third kappa shape index (κ3) is 3.40. The van der Waals surface area contributed by atoms with Gasteiger partial charge in [-0.15, -0.1) is 0 Å². The number of hydrogen-bond donors (Lipinski definition) is 2. The van der Waals surface area contributed by atoms with Gasteiger partial charge in [0.05, 0.1) is 0 Å². The van der Waals surface area contributed by atoms with Crippen LogP contribution in [-0.4, -0.2) is 40.2 Å². The van der Waals surface area contributed by atoms with Crippen molar-refractivity contribution in [3.8, 4) is 0 Å². The predicted molar refractivity (Wildman–Crippen MR) is 92.5 cm³/mol. The molecule has 5 heteroatoms. The van der Waals surface area contributed by atoms with E-state index in [0.29, 0.717) is 12.0 Å². The smallest absolute Gasteiger partial charge is 0.159 e. The first-order valence-electron chi connectivity index (χ1n) is 9.14. The van der Waals surface area contributed by atoms with E-state index in [1.54, 1.807) is 0 Å². The van der Waals surface area contributed by atoms with Gasteiger partial charge in [0.2, 0.25) is 0 Å². The van der Waals surface area contributed by atoms with E-state index in [0.717, 1.165) is 43.8 Å². The number of hydrogen-bond acceptors (Lipinski definition) is 4. The maximum absolute atomic E-state index is 4.91. The summed E-state index contributed by atoms with van der Waals surface area (Å²) in [6.07, 6.45) is 9.41. The molecule has 5 nitrogen and oxygen atoms in total. The molecule has 0 radical (unpaired) electrons. The number of nitrogens with zero attached hydrogens (tertiary/aromatic N) is 3. The number of nitrogens with one attached hydrogen (secondary N) is 2. The molecule has 2 aromatic heterocycles. The van der Waals surface area contributed by atoms with E-state index in [1.165, 1.54) is 37.9 Å². The van der Waals surface area contributed by atoms with Gasteiger partial charge in [0.1, 0.15) is 11.3 Å². The Morgan fingerprint density at radius 3 is 3.00 bits per heavy atom. The lowest BCUT2D eigenvalue weighted by molar-refractivity contribution is 0.331. The summed E-state index contributed by atoms with van der Waals surface area (Å²) in [4.78, 5) is 9.53. The third-order valence-electron chi connectivity index (χ3n) is 5.26. The Labute approximate surface area is 137 Å². The summed E-state index contributed by atoms with van der Waals surface area (Å²) in [6, 6.07) is 4.66. The molecule has 2 unspecified atom stereocenters. The van der Waals surface area contributed by atoms with Gasteiger partial charge in [-0.3, -0.25) is 0 Å². The number of piperidine rings is 2. The maximum atomic E-state index is 4.91. The summed E-state index contributed by atoms with van der Waals surface area (Å²) in [7, 11) is 0. The van der Waals surface area contributed by atoms with Crippen LogP contribution in [0.3, 0.4) is 0 Å². The maximum Gasteiger partial charge on any atom is 0.159 e. The van der Waals surface area contributed by atoms with Crippen LogP contribution in [0.2, 0.25) is 0 Å². The van der Waals surface area contributed by atoms with E-state index in [1.807, 2.05) is 12.3 Å². The Balaban J connectivity index is 1.60. The molecule has 0 amide bonds. The summed E-state index contributed by atoms with van der Waals surface area (Å²) >= 11 is 0. The third-order valence-corrected chi connectivity index (χ3v) is 5.26. The fourth-order valence-corrected chi connectivity index (χ4v) is 4.01. The molecular weight excluding hydrogens is 286 g/mol. The van der Waals surface area contributed by atoms with Gasteiger partial charge in [0.25, 0.3) is 0 Å². The van der Waals surface area contributed by atoms with Crippen molar-refractivity contribution in [1.82, 2.24) is 25.2 Å². The minimum atomic E-state index is 0.573. The first-order valence-corrected chi connectivity index (χ1v) is 9.14. The molecule has 0 aliphatic carbocycles. The van der Waals surface area contributed by atoms with Crippen molar-refractivity contribution in [2.24, 2.45) is 5.92 Å². The van der Waals surface area contributed by atoms with Gasteiger partial charge < -0.3 is 15.2 Å². The minimum Gasteiger partial charge on any atom is -0.316 e. The zero-order valence-corrected chi connectivity index (χ0v) is 13.8. The molecular formula is C18H27N5. The number of pyridine rings is 1. The molecule has 2 saturated heterocycles. The molecule has 4 heterocycles. The van der Waals surface area contributed by atoms with Crippen molar-refractivity contribution in [1.29, 1.82) is 0 Å². The van der Waals surface area contributed by atoms with Crippen molar-refractivity contribution in [2.75, 3.05) is 19.6 Å². The summed E-state index contributed by atoms with van der Waals surface area (Å²) in [5.74, 6) is 1.91. The standard InChI is InChI=1S/C18H27N5/c1-2-9-20-15(6-1)11-17-22-16-7-4-10-21-18(16)23(17)13-14-5-3-8-19-12-14/h4,7,10,14-15,19-20H,1-3,5-6,8-9,11-13H2. The zero-order chi connectivity index (χ0) is 15.5. The van der Waals surface area contributed by atoms with Gasteiger partial charge in [-0.2, -0.15) is 0 Å². The second-order valence-electron chi connectivity index (χ2n) is 7.05. The molecule has 23 heavy (non-hydrogen) atoms. The van der Waals surface area contributed by atoms with E-state index in [4.69, 9.17) is 4.98 Å². The average molecular weight is 313 g/mol. The molecule has 2 aliphatic rings. The molecule has 2 N–H and O–H groups in total. The number of aromatic nitrogens is 3. The Hall–Kier alpha value is -1.46. The fraction of sp³-hybridized carbons (Fsp3) is 0.667. The van der Waals surface area contributed by atoms with Crippen LogP contribution in [0.1, 0.15) is 37.9 Å². The lowest BCUT2D eigenvalue weighted by Crippen LogP contribution is -2.37. The summed E-state index contributed by atoms with van der Waals surface area (Å²) in [6.45, 7) is 4.48. The SMILES string of the molecule is c1cnc2c(c1)nc(CC1CCCCN1)n2CC1CCCNC1. The largest absolute Gasteiger partial charge is 0.316 e. The molecule has 0 bridgehead atoms. The highest BCUT2D eigenvalue weighted by molar-refractivity contribution is 5.71. The van der Waals surface area contributed by atoms with E-state index in [9.17, 15) is 0 Å². The van der Waals surface area contributed by atoms with Crippen LogP contribution in [0.25, 0.3) is 11.2 Å². The zero-order valence-electron chi connectivity index (χ0n) is 13.8. The second-order valence-corrected chi connectivity index (χ2v) is 7.05. The molecule has 2 fully saturated rings. The first kappa shape index (κ1) is 15.1. The molecule has 0 saturated carbocycles. The number of imidazole rings is 1. The van der Waals surface area contributed by atoms with Crippen LogP contribution in [-0.2, 0) is 13.0 Å². The molecule has 2 aliphatic heterocycles. The molecule has 2 aromatic rings. The highest BCUT2D eigenvalue weighted by Crippen LogP contribution is 2.21. The van der Waals surface area contributed by atoms with E-state index >= 15 is 0 Å². The summed E-state index contributed by atoms with van der Waals surface area (Å²) in [5, 5.41) is 7.19. The average Bonchev–Trinajstić information content (AvgIpc) is 2.94. The van der Waals surface area contributed by atoms with Gasteiger partial charge in [-0.25, -0.2) is 9.97 Å². The Bertz CT molecular complexity index is 638. The monoisotopic (exact) mass is 313 g/mol. The van der Waals surface area contributed by atoms with Crippen molar-refractivity contribution < 1.29 is 0 Å². The van der Waals surface area contributed by atoms with Gasteiger partial charge in [0.15, 0.2) is 5.65 Å². The van der Waals surface area contributed by atoms with Crippen molar-refractivity contribution in [3.63, 3.8) is 0 Å². The molecule has 0 spiro atoms. The normalized spacial score (nSPS) is 25.7. The lowest BCUT2D eigenvalue weighted by atomic mass is 9.99. The summed E-state index contributed by atoms with van der Waals surface area (Å²) < 4.78 is 2.39. The highest BCUT2D eigenvalue weighted by Gasteiger charge is 2.21. The van der Waals surface area contributed by atoms with Crippen LogP contribution in [0.4, 0.5) is 0 Å². The Morgan fingerprint density at radius 1 is 1.17 bits per heavy atom. The van der Waals surface area contributed by atoms with Gasteiger partial charge in [-0.1, -0.05) is 6.42 Å². The van der Waals surface area contributed by atoms with E-state index in [-0.39, 0.29) is 0 Å². The molecule has 0 aromatic carbocycles. The van der Waals surface area contributed by atoms with Crippen LogP contribution in [0.5, 0.6) is 0 Å². The van der Waals surface area contributed by atoms with E-state index < -0.39 is 0 Å². The topological polar surface area (TPSA) is 54.8 Å². The quantitative estimate of drug-likeness (QED) is 0.908. The number of fused-ring (bicyclic) bond motifs is 1. The van der Waals surface area contributed by atoms with Crippen molar-refractivity contribution in [3.05, 3.63) is 24.2 Å². The van der Waals surface area contributed by atoms with Crippen LogP contribution in [0.15, 0.2) is 18.3 Å². The first-order chi connectivity index (χ1) is 11.4. The molecule has 2 atom stereocenters. The second kappa shape index (κ2) is 6.97. The highest BCUT2D eigenvalue weighted by atomic mass is 15.1. The summed E-state index contributed by atoms with van der Waals surface area (Å²) in [5.41, 5.74) is 2.10. The van der Waals surface area contributed by atoms with Crippen LogP contribution in [0, 0.1) is 5.92 Å². The van der Waals surface area contributed by atoms with E-state index in [2.05, 4.69) is 26.3 Å². The van der Waals surface area contributed by atoms with Gasteiger partial charge >= 0.3 is 0 Å². The fourth-order valence-electron chi connectivity index (χ4n) is 4.01. The minimum absolute atomic E-state index is 0.573. The molecule has 124 valence electrons. The lowest BCUT2D eigenvalue weighted by Gasteiger charge is -2.26. The predicted octanol–water partition coefficient (Wildman–Crippen LogP) is 2.12. The molecule has 4 rings (SSSR count). The Morgan fingerprint density at radius 2 is 2.17 bits per heavy atom. The van der Waals surface area contributed by atoms with Crippen molar-refractivity contribution in [2.45, 2.75) is 51.1 Å². The van der Waals surface area contributed by atoms with Crippen LogP contribution < -0.4 is 10.6 Å². The van der Waals surface area contributed by atoms with Crippen LogP contribution >= 0.6 is 0 Å². The number of rotatable bonds is 4. The van der Waals surface area contributed by atoms with Gasteiger partial charge in [-0.05, 0) is 63.4 Å². The Kier molecular flexibility index (Phi) is 4.57. The van der Waals surface area contributed by atoms with Gasteiger partial charge in [0, 0.05) is 25.2 Å². The van der Waals surface area contributed by atoms with Crippen molar-refractivity contribution >= 4 is 11.2 Å².